The molecule has 1 aliphatic rings. The van der Waals surface area contributed by atoms with Crippen molar-refractivity contribution >= 4 is 35.8 Å². The molecule has 0 spiro atoms. The molecule has 20 nitrogen and oxygen atoms in total. The third kappa shape index (κ3) is 34.4. The maximum atomic E-state index is 11.7. The lowest BCUT2D eigenvalue weighted by atomic mass is 9.96. The summed E-state index contributed by atoms with van der Waals surface area (Å²) in [6, 6.07) is 72.0. The number of benzene rings is 12. The van der Waals surface area contributed by atoms with E-state index in [1.54, 1.807) is 0 Å². The highest BCUT2D eigenvalue weighted by molar-refractivity contribution is 5.76. The highest BCUT2D eigenvalue weighted by atomic mass is 16.5. The topological polar surface area (TPSA) is 243 Å². The predicted octanol–water partition coefficient (Wildman–Crippen LogP) is 23.5. The third-order valence-corrected chi connectivity index (χ3v) is 23.8. The van der Waals surface area contributed by atoms with Gasteiger partial charge in [-0.1, -0.05) is 216 Å². The van der Waals surface area contributed by atoms with Crippen LogP contribution in [-0.2, 0) is 148 Å². The van der Waals surface area contributed by atoms with Crippen LogP contribution >= 0.6 is 0 Å². The van der Waals surface area contributed by atoms with Gasteiger partial charge in [0, 0.05) is 5.56 Å². The molecule has 0 unspecified atom stereocenters. The molecule has 0 bridgehead atoms. The first-order valence-electron chi connectivity index (χ1n) is 46.6. The minimum Gasteiger partial charge on any atom is -0.493 e. The van der Waals surface area contributed by atoms with Gasteiger partial charge in [-0.3, -0.25) is 28.8 Å². The van der Waals surface area contributed by atoms with Crippen LogP contribution in [0.5, 0.6) is 40.2 Å². The average Bonchev–Trinajstić information content (AvgIpc) is 1.67. The van der Waals surface area contributed by atoms with Gasteiger partial charge < -0.3 is 66.7 Å². The van der Waals surface area contributed by atoms with Crippen molar-refractivity contribution in [3.63, 3.8) is 0 Å². The lowest BCUT2D eigenvalue weighted by Gasteiger charge is -2.16. The molecular formula is C118H138O20. The summed E-state index contributed by atoms with van der Waals surface area (Å²) in [5, 5.41) is 9.55. The van der Waals surface area contributed by atoms with Gasteiger partial charge >= 0.3 is 35.8 Å². The van der Waals surface area contributed by atoms with Gasteiger partial charge in [0.1, 0.15) is 79.9 Å². The van der Waals surface area contributed by atoms with E-state index in [9.17, 15) is 33.9 Å². The van der Waals surface area contributed by atoms with E-state index in [-0.39, 0.29) is 74.5 Å². The Morgan fingerprint density at radius 1 is 0.246 bits per heavy atom. The lowest BCUT2D eigenvalue weighted by Crippen LogP contribution is -2.11. The fraction of sp³-hybridized carbons (Fsp3) is 0.339. The molecule has 0 atom stereocenters. The van der Waals surface area contributed by atoms with E-state index >= 15 is 0 Å². The number of aliphatic hydroxyl groups excluding tert-OH is 1. The number of methoxy groups -OCH3 is 6. The summed E-state index contributed by atoms with van der Waals surface area (Å²) in [5.74, 6) is 4.99. The zero-order valence-corrected chi connectivity index (χ0v) is 84.6. The Balaban J connectivity index is 0.000000203. The van der Waals surface area contributed by atoms with Crippen molar-refractivity contribution in [2.24, 2.45) is 0 Å². The van der Waals surface area contributed by atoms with Crippen LogP contribution in [0.3, 0.4) is 0 Å². The Morgan fingerprint density at radius 2 is 0.478 bits per heavy atom. The van der Waals surface area contributed by atoms with E-state index < -0.39 is 0 Å². The second kappa shape index (κ2) is 55.9. The molecule has 1 saturated carbocycles. The molecule has 0 aromatic heterocycles. The second-order valence-electron chi connectivity index (χ2n) is 34.5. The summed E-state index contributed by atoms with van der Waals surface area (Å²) in [7, 11) is 8.41. The second-order valence-corrected chi connectivity index (χ2v) is 34.5. The Kier molecular flexibility index (Phi) is 44.3. The van der Waals surface area contributed by atoms with Crippen LogP contribution in [-0.4, -0.2) is 90.2 Å². The van der Waals surface area contributed by atoms with E-state index in [0.29, 0.717) is 58.6 Å². The molecule has 0 radical (unpaired) electrons. The fourth-order valence-corrected chi connectivity index (χ4v) is 15.9. The maximum absolute atomic E-state index is 11.7. The van der Waals surface area contributed by atoms with Crippen molar-refractivity contribution in [1.82, 2.24) is 0 Å². The average molecular weight is 1880 g/mol. The molecule has 12 aromatic carbocycles. The van der Waals surface area contributed by atoms with Crippen molar-refractivity contribution in [2.45, 2.75) is 221 Å². The largest absolute Gasteiger partial charge is 0.493 e. The molecule has 138 heavy (non-hydrogen) atoms. The quantitative estimate of drug-likeness (QED) is 0.0287. The van der Waals surface area contributed by atoms with Gasteiger partial charge in [-0.05, 0) is 294 Å². The van der Waals surface area contributed by atoms with Crippen LogP contribution in [0.15, 0.2) is 218 Å². The van der Waals surface area contributed by atoms with E-state index in [4.69, 9.17) is 61.6 Å². The van der Waals surface area contributed by atoms with Crippen LogP contribution in [0, 0.1) is 96.9 Å². The SMILES string of the molecule is CCOc1cccc(CC(=O)OC)c1COc1ccc(C)cc1C.CCc1cccc(CC(=O)OC)c1COc1ccc(C)cc1C.COC(=O)Cc1cccc(C)c1COc1ccc(C)cc1C.COC(=O)Cc1cccc(C)c1COc1ccc(C)cc1C.COC(=O)Cc1cccc(C2CC2)c1COc1ccc(C)cc1C.COC(=O)Cc1cccc(CO)c1COc1ccc(C)cc1C. The van der Waals surface area contributed by atoms with Crippen LogP contribution < -0.4 is 33.2 Å². The van der Waals surface area contributed by atoms with Crippen LogP contribution in [0.4, 0.5) is 0 Å². The van der Waals surface area contributed by atoms with Crippen molar-refractivity contribution < 1.29 is 95.5 Å². The summed E-state index contributed by atoms with van der Waals surface area (Å²) in [6.07, 6.45) is 4.81. The van der Waals surface area contributed by atoms with Crippen molar-refractivity contribution in [1.29, 1.82) is 0 Å². The number of ether oxygens (including phenoxy) is 13. The number of carbonyl (C=O) groups is 6. The standard InChI is InChI=1S/C21H24O3.C20H24O4.C20H24O3.C19H22O4.2C19H22O3/c1-14-7-10-20(15(2)11-14)24-13-19-17(12-21(22)23-3)5-4-6-18(19)16-8-9-16;1-5-23-19-8-6-7-16(12-20(21)22-4)17(19)13-24-18-10-9-14(2)11-15(18)3;1-5-16-7-6-8-17(12-20(21)22-4)18(16)13-23-19-10-9-14(2)11-15(19)3;1-13-7-8-18(14(2)9-13)23-12-17-15(10-19(21)22-3)5-4-6-16(17)11-20;2*1-13-8-9-18(15(3)10-13)22-12-17-14(2)6-5-7-16(17)11-19(20)21-4/h4-7,10-11,16H,8-9,12-13H2,1-3H3;6-11H,5,12-13H2,1-4H3;6-11H,5,12-13H2,1-4H3;4-9,20H,10-12H2,1-3H3;2*5-10H,11-12H2,1-4H3. The Labute approximate surface area is 816 Å². The number of rotatable bonds is 35. The molecule has 13 rings (SSSR count). The van der Waals surface area contributed by atoms with Crippen molar-refractivity contribution in [3.8, 4) is 40.2 Å². The molecule has 0 heterocycles. The fourth-order valence-electron chi connectivity index (χ4n) is 15.9. The molecule has 1 fully saturated rings. The van der Waals surface area contributed by atoms with E-state index in [0.717, 1.165) is 163 Å². The van der Waals surface area contributed by atoms with E-state index in [1.807, 2.05) is 226 Å². The van der Waals surface area contributed by atoms with Crippen molar-refractivity contribution in [3.05, 3.63) is 380 Å². The summed E-state index contributed by atoms with van der Waals surface area (Å²) in [4.78, 5) is 69.7. The molecule has 0 saturated heterocycles. The summed E-state index contributed by atoms with van der Waals surface area (Å²) in [6.45, 7) is 35.6. The summed E-state index contributed by atoms with van der Waals surface area (Å²) >= 11 is 0. The first-order chi connectivity index (χ1) is 66.2. The highest BCUT2D eigenvalue weighted by Gasteiger charge is 2.28. The highest BCUT2D eigenvalue weighted by Crippen LogP contribution is 2.43. The van der Waals surface area contributed by atoms with E-state index in [2.05, 4.69) is 103 Å². The third-order valence-electron chi connectivity index (χ3n) is 23.8. The number of esters is 6. The Bertz CT molecular complexity index is 5830. The molecule has 730 valence electrons. The van der Waals surface area contributed by atoms with Gasteiger partial charge in [0.15, 0.2) is 0 Å². The van der Waals surface area contributed by atoms with Gasteiger partial charge in [0.05, 0.1) is 94.4 Å². The van der Waals surface area contributed by atoms with Gasteiger partial charge in [-0.15, -0.1) is 0 Å². The zero-order valence-electron chi connectivity index (χ0n) is 84.6. The molecule has 12 aromatic rings. The van der Waals surface area contributed by atoms with Crippen LogP contribution in [0.25, 0.3) is 0 Å². The number of carbonyl (C=O) groups excluding carboxylic acids is 6. The number of aryl methyl sites for hydroxylation is 15. The van der Waals surface area contributed by atoms with Crippen LogP contribution in [0.1, 0.15) is 194 Å². The molecule has 0 aliphatic heterocycles. The first-order valence-corrected chi connectivity index (χ1v) is 46.6. The predicted molar refractivity (Wildman–Crippen MR) is 542 cm³/mol. The van der Waals surface area contributed by atoms with Crippen molar-refractivity contribution in [2.75, 3.05) is 49.3 Å². The number of aliphatic hydroxyl groups is 1. The minimum atomic E-state index is -0.312. The van der Waals surface area contributed by atoms with Gasteiger partial charge in [-0.2, -0.15) is 0 Å². The van der Waals surface area contributed by atoms with Gasteiger partial charge in [0.25, 0.3) is 0 Å². The molecule has 20 heteroatoms. The number of hydrogen-bond acceptors (Lipinski definition) is 20. The smallest absolute Gasteiger partial charge is 0.309 e. The first kappa shape index (κ1) is 109. The lowest BCUT2D eigenvalue weighted by molar-refractivity contribution is -0.140. The normalized spacial score (nSPS) is 10.9. The Hall–Kier alpha value is -14.0. The monoisotopic (exact) mass is 1870 g/mol. The van der Waals surface area contributed by atoms with E-state index in [1.165, 1.54) is 100 Å². The summed E-state index contributed by atoms with van der Waals surface area (Å²) in [5.41, 5.74) is 31.0. The molecule has 1 N–H and O–H groups in total. The Morgan fingerprint density at radius 3 is 0.754 bits per heavy atom. The summed E-state index contributed by atoms with van der Waals surface area (Å²) < 4.78 is 70.3. The molecular weight excluding hydrogens is 1740 g/mol. The molecule has 1 aliphatic carbocycles. The minimum absolute atomic E-state index is 0.0966. The zero-order chi connectivity index (χ0) is 100. The maximum Gasteiger partial charge on any atom is 0.309 e. The van der Waals surface area contributed by atoms with Gasteiger partial charge in [-0.25, -0.2) is 0 Å². The molecule has 0 amide bonds. The van der Waals surface area contributed by atoms with Gasteiger partial charge in [0.2, 0.25) is 0 Å². The van der Waals surface area contributed by atoms with Crippen LogP contribution in [0.2, 0.25) is 0 Å². The number of hydrogen-bond donors (Lipinski definition) is 1.